The molecule has 7 nitrogen and oxygen atoms in total. The molecule has 0 amide bonds. The highest BCUT2D eigenvalue weighted by Crippen LogP contribution is 2.22. The monoisotopic (exact) mass is 398 g/mol. The summed E-state index contributed by atoms with van der Waals surface area (Å²) in [4.78, 5) is 13.7. The fourth-order valence-electron chi connectivity index (χ4n) is 3.70. The molecule has 0 saturated carbocycles. The quantitative estimate of drug-likeness (QED) is 0.550. The lowest BCUT2D eigenvalue weighted by atomic mass is 10.1. The number of likely N-dealkylation sites (tertiary alicyclic amines) is 1. The number of benzene rings is 1. The molecule has 158 valence electrons. The van der Waals surface area contributed by atoms with Crippen LogP contribution < -0.4 is 15.5 Å². The van der Waals surface area contributed by atoms with E-state index >= 15 is 0 Å². The van der Waals surface area contributed by atoms with Gasteiger partial charge in [0.15, 0.2) is 5.96 Å². The van der Waals surface area contributed by atoms with Gasteiger partial charge in [0.05, 0.1) is 12.1 Å². The third kappa shape index (κ3) is 5.81. The molecule has 0 bridgehead atoms. The topological polar surface area (TPSA) is 65.0 Å². The largest absolute Gasteiger partial charge is 0.383 e. The maximum Gasteiger partial charge on any atom is 0.191 e. The number of ether oxygens (including phenoxy) is 1. The molecule has 1 aromatic heterocycles. The van der Waals surface area contributed by atoms with Gasteiger partial charge in [-0.2, -0.15) is 0 Å². The SMILES string of the molecule is CN=C(NCc1cc(N(C)C)nc2ccccc12)NC1CCN(CCOC)CC1. The van der Waals surface area contributed by atoms with Gasteiger partial charge in [0.2, 0.25) is 0 Å². The Hall–Kier alpha value is -2.38. The van der Waals surface area contributed by atoms with Gasteiger partial charge in [0.1, 0.15) is 5.82 Å². The second-order valence-electron chi connectivity index (χ2n) is 7.73. The number of anilines is 1. The maximum atomic E-state index is 5.19. The highest BCUT2D eigenvalue weighted by molar-refractivity contribution is 5.85. The normalized spacial score (nSPS) is 16.2. The summed E-state index contributed by atoms with van der Waals surface area (Å²) in [5.74, 6) is 1.82. The van der Waals surface area contributed by atoms with Crippen LogP contribution in [0.15, 0.2) is 35.3 Å². The molecule has 1 aliphatic heterocycles. The zero-order valence-electron chi connectivity index (χ0n) is 18.1. The number of aromatic nitrogens is 1. The lowest BCUT2D eigenvalue weighted by Crippen LogP contribution is -2.48. The molecule has 0 radical (unpaired) electrons. The summed E-state index contributed by atoms with van der Waals surface area (Å²) >= 11 is 0. The standard InChI is InChI=1S/C22H34N6O/c1-23-22(25-18-9-11-28(12-10-18)13-14-29-4)24-16-17-15-21(27(2)3)26-20-8-6-5-7-19(17)20/h5-8,15,18H,9-14,16H2,1-4H3,(H2,23,24,25). The molecule has 0 atom stereocenters. The van der Waals surface area contributed by atoms with Crippen LogP contribution in [0.1, 0.15) is 18.4 Å². The second kappa shape index (κ2) is 10.4. The van der Waals surface area contributed by atoms with E-state index in [1.807, 2.05) is 32.1 Å². The van der Waals surface area contributed by atoms with Crippen LogP contribution in [0.25, 0.3) is 10.9 Å². The predicted molar refractivity (Wildman–Crippen MR) is 121 cm³/mol. The molecule has 1 aromatic carbocycles. The number of rotatable bonds is 7. The van der Waals surface area contributed by atoms with Gasteiger partial charge in [-0.1, -0.05) is 18.2 Å². The van der Waals surface area contributed by atoms with E-state index in [1.165, 1.54) is 10.9 Å². The van der Waals surface area contributed by atoms with Gasteiger partial charge in [-0.15, -0.1) is 0 Å². The molecule has 3 rings (SSSR count). The zero-order valence-corrected chi connectivity index (χ0v) is 18.1. The Kier molecular flexibility index (Phi) is 7.66. The summed E-state index contributed by atoms with van der Waals surface area (Å²) in [6, 6.07) is 10.9. The van der Waals surface area contributed by atoms with Crippen molar-refractivity contribution in [2.75, 3.05) is 59.4 Å². The van der Waals surface area contributed by atoms with Gasteiger partial charge in [-0.3, -0.25) is 4.99 Å². The lowest BCUT2D eigenvalue weighted by molar-refractivity contribution is 0.128. The number of piperidine rings is 1. The molecule has 1 aliphatic rings. The molecular formula is C22H34N6O. The molecule has 2 heterocycles. The third-order valence-corrected chi connectivity index (χ3v) is 5.46. The average molecular weight is 399 g/mol. The predicted octanol–water partition coefficient (Wildman–Crippen LogP) is 2.08. The third-order valence-electron chi connectivity index (χ3n) is 5.46. The summed E-state index contributed by atoms with van der Waals surface area (Å²) in [6.45, 7) is 4.71. The molecular weight excluding hydrogens is 364 g/mol. The number of methoxy groups -OCH3 is 1. The summed E-state index contributed by atoms with van der Waals surface area (Å²) < 4.78 is 5.19. The molecule has 2 N–H and O–H groups in total. The minimum atomic E-state index is 0.450. The number of para-hydroxylation sites is 1. The van der Waals surface area contributed by atoms with E-state index in [0.29, 0.717) is 12.6 Å². The number of fused-ring (bicyclic) bond motifs is 1. The van der Waals surface area contributed by atoms with Gasteiger partial charge >= 0.3 is 0 Å². The van der Waals surface area contributed by atoms with Crippen LogP contribution in [-0.4, -0.2) is 76.4 Å². The molecule has 2 aromatic rings. The van der Waals surface area contributed by atoms with Crippen molar-refractivity contribution in [1.82, 2.24) is 20.5 Å². The Morgan fingerprint density at radius 1 is 1.28 bits per heavy atom. The Balaban J connectivity index is 1.60. The van der Waals surface area contributed by atoms with Crippen LogP contribution in [0, 0.1) is 0 Å². The van der Waals surface area contributed by atoms with Crippen molar-refractivity contribution in [2.45, 2.75) is 25.4 Å². The molecule has 1 saturated heterocycles. The second-order valence-corrected chi connectivity index (χ2v) is 7.73. The van der Waals surface area contributed by atoms with E-state index in [9.17, 15) is 0 Å². The minimum Gasteiger partial charge on any atom is -0.383 e. The van der Waals surface area contributed by atoms with E-state index < -0.39 is 0 Å². The van der Waals surface area contributed by atoms with Crippen molar-refractivity contribution in [1.29, 1.82) is 0 Å². The molecule has 1 fully saturated rings. The first-order chi connectivity index (χ1) is 14.1. The van der Waals surface area contributed by atoms with E-state index in [2.05, 4.69) is 44.8 Å². The van der Waals surface area contributed by atoms with Crippen LogP contribution in [-0.2, 0) is 11.3 Å². The van der Waals surface area contributed by atoms with Gasteiger partial charge < -0.3 is 25.2 Å². The Morgan fingerprint density at radius 2 is 2.03 bits per heavy atom. The van der Waals surface area contributed by atoms with Gasteiger partial charge in [0, 0.05) is 65.9 Å². The maximum absolute atomic E-state index is 5.19. The lowest BCUT2D eigenvalue weighted by Gasteiger charge is -2.32. The van der Waals surface area contributed by atoms with Crippen LogP contribution in [0.3, 0.4) is 0 Å². The van der Waals surface area contributed by atoms with Crippen LogP contribution in [0.5, 0.6) is 0 Å². The molecule has 0 aliphatic carbocycles. The highest BCUT2D eigenvalue weighted by Gasteiger charge is 2.19. The molecule has 0 unspecified atom stereocenters. The fraction of sp³-hybridized carbons (Fsp3) is 0.545. The van der Waals surface area contributed by atoms with Crippen molar-refractivity contribution in [2.24, 2.45) is 4.99 Å². The zero-order chi connectivity index (χ0) is 20.6. The van der Waals surface area contributed by atoms with Gasteiger partial charge in [-0.25, -0.2) is 4.98 Å². The number of hydrogen-bond donors (Lipinski definition) is 2. The van der Waals surface area contributed by atoms with Crippen molar-refractivity contribution >= 4 is 22.7 Å². The number of pyridine rings is 1. The van der Waals surface area contributed by atoms with Gasteiger partial charge in [-0.05, 0) is 30.5 Å². The Labute approximate surface area is 174 Å². The van der Waals surface area contributed by atoms with Crippen LogP contribution in [0.2, 0.25) is 0 Å². The number of hydrogen-bond acceptors (Lipinski definition) is 5. The van der Waals surface area contributed by atoms with E-state index in [4.69, 9.17) is 9.72 Å². The first-order valence-corrected chi connectivity index (χ1v) is 10.3. The first kappa shape index (κ1) is 21.3. The summed E-state index contributed by atoms with van der Waals surface area (Å²) in [7, 11) is 7.64. The van der Waals surface area contributed by atoms with E-state index in [0.717, 1.165) is 56.4 Å². The number of guanidine groups is 1. The van der Waals surface area contributed by atoms with Gasteiger partial charge in [0.25, 0.3) is 0 Å². The first-order valence-electron chi connectivity index (χ1n) is 10.3. The number of aliphatic imine (C=N–C) groups is 1. The van der Waals surface area contributed by atoms with Crippen LogP contribution in [0.4, 0.5) is 5.82 Å². The van der Waals surface area contributed by atoms with E-state index in [1.54, 1.807) is 7.11 Å². The van der Waals surface area contributed by atoms with Crippen molar-refractivity contribution in [3.63, 3.8) is 0 Å². The minimum absolute atomic E-state index is 0.450. The summed E-state index contributed by atoms with van der Waals surface area (Å²) in [5.41, 5.74) is 2.23. The van der Waals surface area contributed by atoms with E-state index in [-0.39, 0.29) is 0 Å². The van der Waals surface area contributed by atoms with Crippen molar-refractivity contribution in [3.05, 3.63) is 35.9 Å². The molecule has 7 heteroatoms. The number of nitrogens with one attached hydrogen (secondary N) is 2. The molecule has 0 spiro atoms. The van der Waals surface area contributed by atoms with Crippen molar-refractivity contribution < 1.29 is 4.74 Å². The summed E-state index contributed by atoms with van der Waals surface area (Å²) in [5, 5.41) is 8.26. The van der Waals surface area contributed by atoms with Crippen molar-refractivity contribution in [3.8, 4) is 0 Å². The average Bonchev–Trinajstić information content (AvgIpc) is 2.75. The smallest absolute Gasteiger partial charge is 0.191 e. The highest BCUT2D eigenvalue weighted by atomic mass is 16.5. The van der Waals surface area contributed by atoms with Crippen LogP contribution >= 0.6 is 0 Å². The Bertz CT molecular complexity index is 814. The summed E-state index contributed by atoms with van der Waals surface area (Å²) in [6.07, 6.45) is 2.24. The fourth-order valence-corrected chi connectivity index (χ4v) is 3.70. The molecule has 29 heavy (non-hydrogen) atoms. The number of nitrogens with zero attached hydrogens (tertiary/aromatic N) is 4. The Morgan fingerprint density at radius 3 is 2.72 bits per heavy atom.